The second-order valence-corrected chi connectivity index (χ2v) is 8.54. The number of carbonyl (C=O) groups excluding carboxylic acids is 2. The summed E-state index contributed by atoms with van der Waals surface area (Å²) in [6, 6.07) is 16.2. The zero-order chi connectivity index (χ0) is 20.4. The van der Waals surface area contributed by atoms with Crippen LogP contribution in [0.2, 0.25) is 0 Å². The molecular formula is C24H29N3O2. The number of anilines is 2. The van der Waals surface area contributed by atoms with Crippen molar-refractivity contribution in [3.8, 4) is 0 Å². The predicted octanol–water partition coefficient (Wildman–Crippen LogP) is 3.83. The lowest BCUT2D eigenvalue weighted by molar-refractivity contribution is -0.128. The monoisotopic (exact) mass is 391 g/mol. The third-order valence-electron chi connectivity index (χ3n) is 6.00. The van der Waals surface area contributed by atoms with Crippen LogP contribution in [0.5, 0.6) is 0 Å². The number of nitrogens with zero attached hydrogens (tertiary/aromatic N) is 2. The van der Waals surface area contributed by atoms with Gasteiger partial charge in [-0.3, -0.25) is 9.59 Å². The first kappa shape index (κ1) is 19.5. The van der Waals surface area contributed by atoms with Crippen molar-refractivity contribution < 1.29 is 9.59 Å². The molecule has 2 aromatic rings. The Hall–Kier alpha value is -2.82. The molecule has 2 aliphatic heterocycles. The largest absolute Gasteiger partial charge is 0.371 e. The number of carbonyl (C=O) groups is 2. The molecule has 2 aliphatic rings. The highest BCUT2D eigenvalue weighted by atomic mass is 16.2. The summed E-state index contributed by atoms with van der Waals surface area (Å²) in [5.74, 6) is 0.403. The lowest BCUT2D eigenvalue weighted by Gasteiger charge is -2.19. The first-order chi connectivity index (χ1) is 14.0. The predicted molar refractivity (Wildman–Crippen MR) is 116 cm³/mol. The van der Waals surface area contributed by atoms with Crippen LogP contribution in [0.3, 0.4) is 0 Å². The van der Waals surface area contributed by atoms with Gasteiger partial charge in [0.25, 0.3) is 0 Å². The van der Waals surface area contributed by atoms with Crippen molar-refractivity contribution in [1.82, 2.24) is 4.90 Å². The number of hydrogen-bond acceptors (Lipinski definition) is 3. The third-order valence-corrected chi connectivity index (χ3v) is 6.00. The summed E-state index contributed by atoms with van der Waals surface area (Å²) in [5, 5.41) is 2.99. The Morgan fingerprint density at radius 2 is 1.79 bits per heavy atom. The number of hydrogen-bond donors (Lipinski definition) is 1. The smallest absolute Gasteiger partial charge is 0.229 e. The van der Waals surface area contributed by atoms with Crippen molar-refractivity contribution in [2.24, 2.45) is 11.8 Å². The lowest BCUT2D eigenvalue weighted by atomic mass is 10.1. The summed E-state index contributed by atoms with van der Waals surface area (Å²) >= 11 is 0. The molecule has 0 radical (unpaired) electrons. The van der Waals surface area contributed by atoms with Gasteiger partial charge in [-0.1, -0.05) is 36.8 Å². The zero-order valence-corrected chi connectivity index (χ0v) is 17.2. The van der Waals surface area contributed by atoms with E-state index in [-0.39, 0.29) is 24.2 Å². The van der Waals surface area contributed by atoms with Crippen LogP contribution in [-0.2, 0) is 16.1 Å². The molecule has 0 aliphatic carbocycles. The summed E-state index contributed by atoms with van der Waals surface area (Å²) in [6.07, 6.45) is 1.51. The van der Waals surface area contributed by atoms with Crippen LogP contribution >= 0.6 is 0 Å². The minimum Gasteiger partial charge on any atom is -0.371 e. The Labute approximate surface area is 172 Å². The maximum Gasteiger partial charge on any atom is 0.229 e. The van der Waals surface area contributed by atoms with Crippen molar-refractivity contribution in [2.75, 3.05) is 29.9 Å². The van der Waals surface area contributed by atoms with Crippen LogP contribution in [0.1, 0.15) is 30.9 Å². The zero-order valence-electron chi connectivity index (χ0n) is 17.2. The molecule has 2 atom stereocenters. The van der Waals surface area contributed by atoms with E-state index in [0.29, 0.717) is 13.1 Å². The van der Waals surface area contributed by atoms with Crippen LogP contribution in [-0.4, -0.2) is 36.3 Å². The van der Waals surface area contributed by atoms with Crippen LogP contribution < -0.4 is 10.2 Å². The Bertz CT molecular complexity index is 876. The van der Waals surface area contributed by atoms with E-state index in [2.05, 4.69) is 29.3 Å². The van der Waals surface area contributed by atoms with Gasteiger partial charge in [-0.25, -0.2) is 0 Å². The van der Waals surface area contributed by atoms with E-state index < -0.39 is 0 Å². The van der Waals surface area contributed by atoms with Crippen molar-refractivity contribution >= 4 is 23.2 Å². The molecule has 2 unspecified atom stereocenters. The topological polar surface area (TPSA) is 52.7 Å². The van der Waals surface area contributed by atoms with Gasteiger partial charge in [0.1, 0.15) is 0 Å². The summed E-state index contributed by atoms with van der Waals surface area (Å²) in [7, 11) is 0. The van der Waals surface area contributed by atoms with Crippen LogP contribution in [0.15, 0.2) is 48.5 Å². The van der Waals surface area contributed by atoms with Gasteiger partial charge in [-0.05, 0) is 49.1 Å². The van der Waals surface area contributed by atoms with Gasteiger partial charge in [0, 0.05) is 44.0 Å². The fourth-order valence-electron chi connectivity index (χ4n) is 4.18. The van der Waals surface area contributed by atoms with E-state index in [1.807, 2.05) is 43.3 Å². The molecule has 29 heavy (non-hydrogen) atoms. The maximum atomic E-state index is 12.7. The van der Waals surface area contributed by atoms with E-state index in [1.165, 1.54) is 17.7 Å². The summed E-state index contributed by atoms with van der Waals surface area (Å²) in [5.41, 5.74) is 4.28. The summed E-state index contributed by atoms with van der Waals surface area (Å²) in [4.78, 5) is 29.2. The van der Waals surface area contributed by atoms with Gasteiger partial charge in [-0.2, -0.15) is 0 Å². The Morgan fingerprint density at radius 1 is 1.07 bits per heavy atom. The molecule has 0 spiro atoms. The highest BCUT2D eigenvalue weighted by Gasteiger charge is 2.34. The molecule has 5 heteroatoms. The van der Waals surface area contributed by atoms with Gasteiger partial charge in [-0.15, -0.1) is 0 Å². The number of amides is 2. The van der Waals surface area contributed by atoms with E-state index in [1.54, 1.807) is 4.90 Å². The molecule has 2 fully saturated rings. The van der Waals surface area contributed by atoms with Gasteiger partial charge < -0.3 is 15.1 Å². The first-order valence-electron chi connectivity index (χ1n) is 10.5. The minimum atomic E-state index is -0.299. The fraction of sp³-hybridized carbons (Fsp3) is 0.417. The quantitative estimate of drug-likeness (QED) is 0.843. The number of benzene rings is 2. The van der Waals surface area contributed by atoms with Crippen molar-refractivity contribution in [3.63, 3.8) is 0 Å². The molecule has 1 N–H and O–H groups in total. The average Bonchev–Trinajstić information content (AvgIpc) is 3.30. The van der Waals surface area contributed by atoms with Crippen molar-refractivity contribution in [3.05, 3.63) is 59.7 Å². The summed E-state index contributed by atoms with van der Waals surface area (Å²) < 4.78 is 0. The molecular weight excluding hydrogens is 362 g/mol. The average molecular weight is 392 g/mol. The number of aryl methyl sites for hydroxylation is 1. The Morgan fingerprint density at radius 3 is 2.45 bits per heavy atom. The SMILES string of the molecule is Cc1ccc(CN2CC(C(=O)Nc3ccc(N4CCC(C)C4)cc3)CC2=O)cc1. The number of nitrogens with one attached hydrogen (secondary N) is 1. The van der Waals surface area contributed by atoms with Gasteiger partial charge >= 0.3 is 0 Å². The van der Waals surface area contributed by atoms with E-state index >= 15 is 0 Å². The maximum absolute atomic E-state index is 12.7. The fourth-order valence-corrected chi connectivity index (χ4v) is 4.18. The molecule has 2 saturated heterocycles. The second kappa shape index (κ2) is 8.27. The first-order valence-corrected chi connectivity index (χ1v) is 10.5. The number of likely N-dealkylation sites (tertiary alicyclic amines) is 1. The van der Waals surface area contributed by atoms with Crippen molar-refractivity contribution in [2.45, 2.75) is 33.2 Å². The normalized spacial score (nSPS) is 21.7. The molecule has 0 saturated carbocycles. The minimum absolute atomic E-state index is 0.0456. The molecule has 5 nitrogen and oxygen atoms in total. The van der Waals surface area contributed by atoms with E-state index in [9.17, 15) is 9.59 Å². The van der Waals surface area contributed by atoms with Crippen molar-refractivity contribution in [1.29, 1.82) is 0 Å². The van der Waals surface area contributed by atoms with Gasteiger partial charge in [0.15, 0.2) is 0 Å². The summed E-state index contributed by atoms with van der Waals surface area (Å²) in [6.45, 7) is 7.54. The van der Waals surface area contributed by atoms with Crippen LogP contribution in [0.4, 0.5) is 11.4 Å². The third kappa shape index (κ3) is 4.61. The van der Waals surface area contributed by atoms with E-state index in [4.69, 9.17) is 0 Å². The second-order valence-electron chi connectivity index (χ2n) is 8.54. The standard InChI is InChI=1S/C24H29N3O2/c1-17-3-5-19(6-4-17)15-27-16-20(13-23(27)28)24(29)25-21-7-9-22(10-8-21)26-12-11-18(2)14-26/h3-10,18,20H,11-16H2,1-2H3,(H,25,29). The van der Waals surface area contributed by atoms with Crippen LogP contribution in [0.25, 0.3) is 0 Å². The van der Waals surface area contributed by atoms with Gasteiger partial charge in [0.2, 0.25) is 11.8 Å². The molecule has 2 amide bonds. The Balaban J connectivity index is 1.32. The molecule has 0 bridgehead atoms. The molecule has 0 aromatic heterocycles. The molecule has 2 heterocycles. The Kier molecular flexibility index (Phi) is 5.56. The highest BCUT2D eigenvalue weighted by molar-refractivity contribution is 5.97. The van der Waals surface area contributed by atoms with Crippen LogP contribution in [0, 0.1) is 18.8 Å². The molecule has 152 valence electrons. The van der Waals surface area contributed by atoms with Gasteiger partial charge in [0.05, 0.1) is 5.92 Å². The number of rotatable bonds is 5. The lowest BCUT2D eigenvalue weighted by Crippen LogP contribution is -2.28. The molecule has 4 rings (SSSR count). The molecule has 2 aromatic carbocycles. The highest BCUT2D eigenvalue weighted by Crippen LogP contribution is 2.26. The van der Waals surface area contributed by atoms with E-state index in [0.717, 1.165) is 30.3 Å².